The molecule has 0 N–H and O–H groups in total. The largest absolute Gasteiger partial charge is 0.457 e. The molecule has 0 saturated heterocycles. The zero-order valence-electron chi connectivity index (χ0n) is 10.7. The molecule has 2 rings (SSSR count). The first-order chi connectivity index (χ1) is 8.19. The molecule has 0 aliphatic heterocycles. The molecule has 0 aliphatic rings. The molecule has 2 aromatic rings. The number of rotatable bonds is 3. The second-order valence-corrected chi connectivity index (χ2v) is 4.36. The molecule has 0 unspecified atom stereocenters. The van der Waals surface area contributed by atoms with Gasteiger partial charge in [0.05, 0.1) is 0 Å². The molecule has 0 radical (unpaired) electrons. The summed E-state index contributed by atoms with van der Waals surface area (Å²) in [6.45, 7) is 6.37. The molecular weight excluding hydrogens is 208 g/mol. The normalized spacial score (nSPS) is 10.3. The van der Waals surface area contributed by atoms with Gasteiger partial charge in [-0.1, -0.05) is 30.7 Å². The van der Waals surface area contributed by atoms with Gasteiger partial charge >= 0.3 is 0 Å². The van der Waals surface area contributed by atoms with Gasteiger partial charge in [-0.25, -0.2) is 0 Å². The Labute approximate surface area is 103 Å². The lowest BCUT2D eigenvalue weighted by atomic mass is 10.1. The van der Waals surface area contributed by atoms with E-state index in [4.69, 9.17) is 4.74 Å². The van der Waals surface area contributed by atoms with Gasteiger partial charge in [-0.3, -0.25) is 0 Å². The van der Waals surface area contributed by atoms with E-state index in [1.165, 1.54) is 16.7 Å². The topological polar surface area (TPSA) is 9.23 Å². The average molecular weight is 226 g/mol. The fraction of sp³-hybridized carbons (Fsp3) is 0.250. The third kappa shape index (κ3) is 2.88. The second-order valence-electron chi connectivity index (χ2n) is 4.36. The van der Waals surface area contributed by atoms with E-state index in [9.17, 15) is 0 Å². The molecule has 17 heavy (non-hydrogen) atoms. The fourth-order valence-electron chi connectivity index (χ4n) is 1.83. The van der Waals surface area contributed by atoms with Crippen LogP contribution in [0.2, 0.25) is 0 Å². The van der Waals surface area contributed by atoms with Crippen LogP contribution < -0.4 is 4.74 Å². The van der Waals surface area contributed by atoms with Crippen molar-refractivity contribution in [3.63, 3.8) is 0 Å². The van der Waals surface area contributed by atoms with Crippen molar-refractivity contribution in [2.24, 2.45) is 0 Å². The number of hydrogen-bond acceptors (Lipinski definition) is 1. The molecule has 0 fully saturated rings. The van der Waals surface area contributed by atoms with E-state index in [0.29, 0.717) is 0 Å². The van der Waals surface area contributed by atoms with E-state index in [2.05, 4.69) is 45.0 Å². The molecular formula is C16H18O. The van der Waals surface area contributed by atoms with E-state index in [1.54, 1.807) is 0 Å². The summed E-state index contributed by atoms with van der Waals surface area (Å²) < 4.78 is 5.83. The molecule has 0 saturated carbocycles. The van der Waals surface area contributed by atoms with Crippen LogP contribution in [0.3, 0.4) is 0 Å². The summed E-state index contributed by atoms with van der Waals surface area (Å²) in [6.07, 6.45) is 1.04. The molecule has 0 bridgehead atoms. The lowest BCUT2D eigenvalue weighted by molar-refractivity contribution is 0.481. The Morgan fingerprint density at radius 1 is 0.882 bits per heavy atom. The van der Waals surface area contributed by atoms with Crippen molar-refractivity contribution in [3.8, 4) is 11.5 Å². The molecule has 1 nitrogen and oxygen atoms in total. The van der Waals surface area contributed by atoms with E-state index >= 15 is 0 Å². The zero-order chi connectivity index (χ0) is 12.3. The summed E-state index contributed by atoms with van der Waals surface area (Å²) in [4.78, 5) is 0. The van der Waals surface area contributed by atoms with Crippen molar-refractivity contribution in [3.05, 3.63) is 59.2 Å². The van der Waals surface area contributed by atoms with Crippen molar-refractivity contribution in [1.82, 2.24) is 0 Å². The van der Waals surface area contributed by atoms with Crippen molar-refractivity contribution in [2.45, 2.75) is 27.2 Å². The predicted octanol–water partition coefficient (Wildman–Crippen LogP) is 4.66. The summed E-state index contributed by atoms with van der Waals surface area (Å²) in [5, 5.41) is 0. The van der Waals surface area contributed by atoms with Crippen LogP contribution in [-0.4, -0.2) is 0 Å². The minimum Gasteiger partial charge on any atom is -0.457 e. The summed E-state index contributed by atoms with van der Waals surface area (Å²) >= 11 is 0. The van der Waals surface area contributed by atoms with Crippen LogP contribution in [0.5, 0.6) is 11.5 Å². The van der Waals surface area contributed by atoms with Crippen molar-refractivity contribution in [1.29, 1.82) is 0 Å². The van der Waals surface area contributed by atoms with Gasteiger partial charge in [0.25, 0.3) is 0 Å². The summed E-state index contributed by atoms with van der Waals surface area (Å²) in [7, 11) is 0. The highest BCUT2D eigenvalue weighted by atomic mass is 16.5. The first-order valence-corrected chi connectivity index (χ1v) is 6.03. The third-order valence-corrected chi connectivity index (χ3v) is 2.96. The van der Waals surface area contributed by atoms with Crippen LogP contribution in [0.15, 0.2) is 42.5 Å². The molecule has 0 aromatic heterocycles. The van der Waals surface area contributed by atoms with E-state index in [-0.39, 0.29) is 0 Å². The zero-order valence-corrected chi connectivity index (χ0v) is 10.7. The summed E-state index contributed by atoms with van der Waals surface area (Å²) in [6, 6.07) is 14.4. The second kappa shape index (κ2) is 5.05. The molecule has 0 amide bonds. The lowest BCUT2D eigenvalue weighted by Crippen LogP contribution is -1.89. The number of benzene rings is 2. The Morgan fingerprint density at radius 3 is 2.18 bits per heavy atom. The Bertz CT molecular complexity index is 497. The molecule has 0 spiro atoms. The predicted molar refractivity (Wildman–Crippen MR) is 71.8 cm³/mol. The molecule has 0 heterocycles. The number of aryl methyl sites for hydroxylation is 3. The molecule has 1 heteroatoms. The molecule has 88 valence electrons. The highest BCUT2D eigenvalue weighted by Gasteiger charge is 2.01. The smallest absolute Gasteiger partial charge is 0.127 e. The van der Waals surface area contributed by atoms with Crippen LogP contribution in [0.4, 0.5) is 0 Å². The van der Waals surface area contributed by atoms with Gasteiger partial charge in [0.2, 0.25) is 0 Å². The van der Waals surface area contributed by atoms with E-state index in [0.717, 1.165) is 17.9 Å². The fourth-order valence-corrected chi connectivity index (χ4v) is 1.83. The van der Waals surface area contributed by atoms with Crippen molar-refractivity contribution in [2.75, 3.05) is 0 Å². The quantitative estimate of drug-likeness (QED) is 0.739. The third-order valence-electron chi connectivity index (χ3n) is 2.96. The van der Waals surface area contributed by atoms with Gasteiger partial charge in [-0.05, 0) is 55.7 Å². The van der Waals surface area contributed by atoms with E-state index in [1.807, 2.05) is 18.2 Å². The van der Waals surface area contributed by atoms with Gasteiger partial charge < -0.3 is 4.74 Å². The Kier molecular flexibility index (Phi) is 3.48. The van der Waals surface area contributed by atoms with Gasteiger partial charge in [-0.15, -0.1) is 0 Å². The summed E-state index contributed by atoms with van der Waals surface area (Å²) in [5.41, 5.74) is 3.91. The highest BCUT2D eigenvalue weighted by molar-refractivity contribution is 5.38. The van der Waals surface area contributed by atoms with Gasteiger partial charge in [0.1, 0.15) is 11.5 Å². The van der Waals surface area contributed by atoms with Crippen LogP contribution >= 0.6 is 0 Å². The molecule has 0 atom stereocenters. The van der Waals surface area contributed by atoms with Crippen LogP contribution in [0, 0.1) is 13.8 Å². The van der Waals surface area contributed by atoms with Crippen LogP contribution in [-0.2, 0) is 6.42 Å². The SMILES string of the molecule is CCc1cc(Oc2ccc(C)cc2)ccc1C. The van der Waals surface area contributed by atoms with Gasteiger partial charge in [0, 0.05) is 0 Å². The first-order valence-electron chi connectivity index (χ1n) is 6.03. The maximum Gasteiger partial charge on any atom is 0.127 e. The minimum absolute atomic E-state index is 0.890. The summed E-state index contributed by atoms with van der Waals surface area (Å²) in [5.74, 6) is 1.80. The Balaban J connectivity index is 2.21. The Hall–Kier alpha value is -1.76. The minimum atomic E-state index is 0.890. The lowest BCUT2D eigenvalue weighted by Gasteiger charge is -2.09. The average Bonchev–Trinajstić information content (AvgIpc) is 2.34. The standard InChI is InChI=1S/C16H18O/c1-4-14-11-16(10-7-13(14)3)17-15-8-5-12(2)6-9-15/h5-11H,4H2,1-3H3. The molecule has 2 aromatic carbocycles. The Morgan fingerprint density at radius 2 is 1.53 bits per heavy atom. The maximum absolute atomic E-state index is 5.83. The first kappa shape index (κ1) is 11.7. The number of ether oxygens (including phenoxy) is 1. The van der Waals surface area contributed by atoms with Crippen molar-refractivity contribution < 1.29 is 4.74 Å². The van der Waals surface area contributed by atoms with Crippen LogP contribution in [0.1, 0.15) is 23.6 Å². The van der Waals surface area contributed by atoms with Gasteiger partial charge in [-0.2, -0.15) is 0 Å². The maximum atomic E-state index is 5.83. The van der Waals surface area contributed by atoms with E-state index < -0.39 is 0 Å². The van der Waals surface area contributed by atoms with Crippen molar-refractivity contribution >= 4 is 0 Å². The van der Waals surface area contributed by atoms with Gasteiger partial charge in [0.15, 0.2) is 0 Å². The van der Waals surface area contributed by atoms with Crippen LogP contribution in [0.25, 0.3) is 0 Å². The number of hydrogen-bond donors (Lipinski definition) is 0. The highest BCUT2D eigenvalue weighted by Crippen LogP contribution is 2.24. The molecule has 0 aliphatic carbocycles. The monoisotopic (exact) mass is 226 g/mol.